The van der Waals surface area contributed by atoms with Crippen LogP contribution in [0.4, 0.5) is 0 Å². The minimum atomic E-state index is 0.0909. The van der Waals surface area contributed by atoms with Gasteiger partial charge in [0.1, 0.15) is 0 Å². The van der Waals surface area contributed by atoms with Crippen LogP contribution in [0.25, 0.3) is 0 Å². The topological polar surface area (TPSA) is 47.6 Å². The molecule has 0 saturated carbocycles. The van der Waals surface area contributed by atoms with Gasteiger partial charge < -0.3 is 15.5 Å². The smallest absolute Gasteiger partial charge is 0.247 e. The average Bonchev–Trinajstić information content (AvgIpc) is 2.27. The molecule has 0 aliphatic carbocycles. The third kappa shape index (κ3) is 3.10. The Hall–Kier alpha value is -0.910. The first-order valence-corrected chi connectivity index (χ1v) is 6.64. The molecular weight excluding hydrogens is 228 g/mol. The first-order chi connectivity index (χ1) is 8.58. The molecule has 2 aliphatic heterocycles. The molecule has 2 heterocycles. The minimum absolute atomic E-state index is 0.0909. The average molecular weight is 252 g/mol. The van der Waals surface area contributed by atoms with Gasteiger partial charge in [-0.15, -0.1) is 0 Å². The van der Waals surface area contributed by atoms with Gasteiger partial charge in [0.2, 0.25) is 5.91 Å². The lowest BCUT2D eigenvalue weighted by molar-refractivity contribution is -0.117. The summed E-state index contributed by atoms with van der Waals surface area (Å²) >= 11 is 0. The molecule has 0 aromatic rings. The summed E-state index contributed by atoms with van der Waals surface area (Å²) < 4.78 is 0. The minimum Gasteiger partial charge on any atom is -0.351 e. The number of hydrogen-bond donors (Lipinski definition) is 2. The van der Waals surface area contributed by atoms with Crippen LogP contribution in [-0.2, 0) is 4.79 Å². The number of hydrogen-bond acceptors (Lipinski definition) is 4. The molecule has 0 aromatic carbocycles. The Morgan fingerprint density at radius 3 is 2.72 bits per heavy atom. The van der Waals surface area contributed by atoms with Gasteiger partial charge in [0.15, 0.2) is 0 Å². The highest BCUT2D eigenvalue weighted by Crippen LogP contribution is 2.09. The van der Waals surface area contributed by atoms with Crippen molar-refractivity contribution in [1.29, 1.82) is 0 Å². The molecule has 18 heavy (non-hydrogen) atoms. The van der Waals surface area contributed by atoms with Crippen LogP contribution in [0.2, 0.25) is 0 Å². The monoisotopic (exact) mass is 252 g/mol. The molecule has 0 radical (unpaired) electrons. The van der Waals surface area contributed by atoms with Gasteiger partial charge in [0.25, 0.3) is 0 Å². The van der Waals surface area contributed by atoms with Crippen LogP contribution < -0.4 is 10.6 Å². The standard InChI is InChI=1S/C13H24N4O/c1-10(11-6-14-7-11)13(18)15-8-12-9-16(2)4-5-17(12)3/h12,14H,4-9H2,1-3H3,(H,15,18). The Kier molecular flexibility index (Phi) is 4.37. The lowest BCUT2D eigenvalue weighted by Gasteiger charge is -2.37. The van der Waals surface area contributed by atoms with Crippen molar-refractivity contribution >= 4 is 5.91 Å². The number of amides is 1. The van der Waals surface area contributed by atoms with E-state index < -0.39 is 0 Å². The molecular formula is C13H24N4O. The largest absolute Gasteiger partial charge is 0.351 e. The SMILES string of the molecule is CC(C(=O)NCC1CN(C)CCN1C)=C1CNC1. The fourth-order valence-corrected chi connectivity index (χ4v) is 2.34. The van der Waals surface area contributed by atoms with E-state index in [2.05, 4.69) is 34.5 Å². The van der Waals surface area contributed by atoms with Crippen LogP contribution in [0.1, 0.15) is 6.92 Å². The third-order valence-electron chi connectivity index (χ3n) is 4.03. The quantitative estimate of drug-likeness (QED) is 0.650. The normalized spacial score (nSPS) is 25.7. The van der Waals surface area contributed by atoms with E-state index in [0.717, 1.165) is 44.8 Å². The fraction of sp³-hybridized carbons (Fsp3) is 0.769. The molecule has 1 amide bonds. The van der Waals surface area contributed by atoms with Crippen molar-refractivity contribution in [3.63, 3.8) is 0 Å². The molecule has 2 rings (SSSR count). The van der Waals surface area contributed by atoms with Crippen molar-refractivity contribution in [3.05, 3.63) is 11.1 Å². The second-order valence-electron chi connectivity index (χ2n) is 5.44. The Balaban J connectivity index is 1.81. The number of carbonyl (C=O) groups excluding carboxylic acids is 1. The maximum Gasteiger partial charge on any atom is 0.247 e. The molecule has 5 heteroatoms. The Bertz CT molecular complexity index is 347. The molecule has 0 bridgehead atoms. The number of likely N-dealkylation sites (N-methyl/N-ethyl adjacent to an activating group) is 2. The Morgan fingerprint density at radius 1 is 1.39 bits per heavy atom. The van der Waals surface area contributed by atoms with Gasteiger partial charge in [-0.05, 0) is 26.6 Å². The molecule has 1 atom stereocenters. The summed E-state index contributed by atoms with van der Waals surface area (Å²) in [5, 5.41) is 6.22. The molecule has 102 valence electrons. The van der Waals surface area contributed by atoms with E-state index in [0.29, 0.717) is 6.04 Å². The summed E-state index contributed by atoms with van der Waals surface area (Å²) in [5.74, 6) is 0.0909. The number of piperazine rings is 1. The number of nitrogens with zero attached hydrogens (tertiary/aromatic N) is 2. The van der Waals surface area contributed by atoms with Gasteiger partial charge in [-0.2, -0.15) is 0 Å². The second kappa shape index (κ2) is 5.82. The molecule has 5 nitrogen and oxygen atoms in total. The van der Waals surface area contributed by atoms with E-state index in [9.17, 15) is 4.79 Å². The van der Waals surface area contributed by atoms with Crippen molar-refractivity contribution in [1.82, 2.24) is 20.4 Å². The predicted molar refractivity (Wildman–Crippen MR) is 72.5 cm³/mol. The number of rotatable bonds is 3. The second-order valence-corrected chi connectivity index (χ2v) is 5.44. The number of nitrogens with one attached hydrogen (secondary N) is 2. The fourth-order valence-electron chi connectivity index (χ4n) is 2.34. The van der Waals surface area contributed by atoms with Gasteiger partial charge in [0, 0.05) is 50.9 Å². The molecule has 2 aliphatic rings. The van der Waals surface area contributed by atoms with Crippen LogP contribution in [0.5, 0.6) is 0 Å². The highest BCUT2D eigenvalue weighted by atomic mass is 16.1. The Morgan fingerprint density at radius 2 is 2.11 bits per heavy atom. The maximum absolute atomic E-state index is 12.0. The van der Waals surface area contributed by atoms with Crippen LogP contribution in [-0.4, -0.2) is 75.1 Å². The molecule has 2 fully saturated rings. The predicted octanol–water partition coefficient (Wildman–Crippen LogP) is -0.732. The van der Waals surface area contributed by atoms with Gasteiger partial charge in [-0.25, -0.2) is 0 Å². The Labute approximate surface area is 109 Å². The van der Waals surface area contributed by atoms with Crippen LogP contribution in [0.3, 0.4) is 0 Å². The summed E-state index contributed by atoms with van der Waals surface area (Å²) in [4.78, 5) is 16.6. The highest BCUT2D eigenvalue weighted by molar-refractivity contribution is 5.93. The van der Waals surface area contributed by atoms with E-state index in [4.69, 9.17) is 0 Å². The van der Waals surface area contributed by atoms with E-state index in [1.54, 1.807) is 0 Å². The van der Waals surface area contributed by atoms with E-state index in [-0.39, 0.29) is 5.91 Å². The molecule has 0 aromatic heterocycles. The van der Waals surface area contributed by atoms with Crippen LogP contribution in [0, 0.1) is 0 Å². The van der Waals surface area contributed by atoms with E-state index >= 15 is 0 Å². The highest BCUT2D eigenvalue weighted by Gasteiger charge is 2.23. The molecule has 0 spiro atoms. The van der Waals surface area contributed by atoms with Crippen molar-refractivity contribution in [2.45, 2.75) is 13.0 Å². The van der Waals surface area contributed by atoms with Gasteiger partial charge in [-0.3, -0.25) is 9.69 Å². The number of carbonyl (C=O) groups is 1. The molecule has 1 unspecified atom stereocenters. The van der Waals surface area contributed by atoms with Gasteiger partial charge >= 0.3 is 0 Å². The van der Waals surface area contributed by atoms with Crippen LogP contribution in [0.15, 0.2) is 11.1 Å². The van der Waals surface area contributed by atoms with Crippen LogP contribution >= 0.6 is 0 Å². The van der Waals surface area contributed by atoms with Gasteiger partial charge in [-0.1, -0.05) is 0 Å². The maximum atomic E-state index is 12.0. The molecule has 2 saturated heterocycles. The summed E-state index contributed by atoms with van der Waals surface area (Å²) in [7, 11) is 4.26. The summed E-state index contributed by atoms with van der Waals surface area (Å²) in [5.41, 5.74) is 2.13. The van der Waals surface area contributed by atoms with Crippen molar-refractivity contribution in [2.75, 3.05) is 53.4 Å². The zero-order chi connectivity index (χ0) is 13.1. The van der Waals surface area contributed by atoms with Crippen molar-refractivity contribution in [3.8, 4) is 0 Å². The summed E-state index contributed by atoms with van der Waals surface area (Å²) in [6, 6.07) is 0.421. The van der Waals surface area contributed by atoms with Crippen molar-refractivity contribution in [2.24, 2.45) is 0 Å². The third-order valence-corrected chi connectivity index (χ3v) is 4.03. The first-order valence-electron chi connectivity index (χ1n) is 6.64. The lowest BCUT2D eigenvalue weighted by Crippen LogP contribution is -2.54. The zero-order valence-corrected chi connectivity index (χ0v) is 11.6. The van der Waals surface area contributed by atoms with Gasteiger partial charge in [0.05, 0.1) is 0 Å². The first kappa shape index (κ1) is 13.5. The van der Waals surface area contributed by atoms with E-state index in [1.165, 1.54) is 5.57 Å². The van der Waals surface area contributed by atoms with E-state index in [1.807, 2.05) is 6.92 Å². The lowest BCUT2D eigenvalue weighted by atomic mass is 10.0. The molecule has 2 N–H and O–H groups in total. The summed E-state index contributed by atoms with van der Waals surface area (Å²) in [6.07, 6.45) is 0. The summed E-state index contributed by atoms with van der Waals surface area (Å²) in [6.45, 7) is 7.58. The van der Waals surface area contributed by atoms with Crippen molar-refractivity contribution < 1.29 is 4.79 Å². The zero-order valence-electron chi connectivity index (χ0n) is 11.6.